The van der Waals surface area contributed by atoms with Crippen molar-refractivity contribution in [3.8, 4) is 5.75 Å². The third-order valence-corrected chi connectivity index (χ3v) is 3.12. The molecule has 0 amide bonds. The first-order chi connectivity index (χ1) is 9.07. The van der Waals surface area contributed by atoms with Crippen molar-refractivity contribution in [1.82, 2.24) is 4.57 Å². The van der Waals surface area contributed by atoms with Crippen molar-refractivity contribution in [2.75, 3.05) is 13.1 Å². The SMILES string of the molecule is CC(=NCCN)c1c(O)c2ccccc2n(C)c1=O. The highest BCUT2D eigenvalue weighted by molar-refractivity contribution is 6.05. The molecule has 1 heterocycles. The van der Waals surface area contributed by atoms with E-state index in [4.69, 9.17) is 5.73 Å². The number of aromatic hydroxyl groups is 1. The highest BCUT2D eigenvalue weighted by atomic mass is 16.3. The van der Waals surface area contributed by atoms with Crippen molar-refractivity contribution in [2.45, 2.75) is 6.92 Å². The molecule has 0 bridgehead atoms. The molecule has 0 aliphatic rings. The Morgan fingerprint density at radius 2 is 2.11 bits per heavy atom. The van der Waals surface area contributed by atoms with Gasteiger partial charge in [0, 0.05) is 24.7 Å². The minimum Gasteiger partial charge on any atom is -0.506 e. The molecular weight excluding hydrogens is 242 g/mol. The highest BCUT2D eigenvalue weighted by Crippen LogP contribution is 2.25. The lowest BCUT2D eigenvalue weighted by molar-refractivity contribution is 0.478. The second-order valence-electron chi connectivity index (χ2n) is 4.36. The number of pyridine rings is 1. The summed E-state index contributed by atoms with van der Waals surface area (Å²) in [6.45, 7) is 2.55. The Bertz CT molecular complexity index is 702. The molecule has 1 aromatic carbocycles. The summed E-state index contributed by atoms with van der Waals surface area (Å²) in [5, 5.41) is 10.9. The van der Waals surface area contributed by atoms with Crippen LogP contribution >= 0.6 is 0 Å². The molecule has 0 saturated carbocycles. The zero-order valence-electron chi connectivity index (χ0n) is 11.1. The van der Waals surface area contributed by atoms with Gasteiger partial charge in [0.1, 0.15) is 11.3 Å². The number of rotatable bonds is 3. The van der Waals surface area contributed by atoms with E-state index < -0.39 is 0 Å². The number of nitrogens with zero attached hydrogens (tertiary/aromatic N) is 2. The molecule has 5 heteroatoms. The van der Waals surface area contributed by atoms with Gasteiger partial charge in [-0.25, -0.2) is 0 Å². The Morgan fingerprint density at radius 3 is 2.79 bits per heavy atom. The van der Waals surface area contributed by atoms with Crippen molar-refractivity contribution in [2.24, 2.45) is 17.8 Å². The molecule has 2 rings (SSSR count). The molecule has 0 aliphatic heterocycles. The number of nitrogens with two attached hydrogens (primary N) is 1. The van der Waals surface area contributed by atoms with E-state index in [0.29, 0.717) is 29.7 Å². The van der Waals surface area contributed by atoms with E-state index in [1.54, 1.807) is 26.1 Å². The average Bonchev–Trinajstić information content (AvgIpc) is 2.43. The molecule has 0 saturated heterocycles. The third kappa shape index (κ3) is 2.24. The summed E-state index contributed by atoms with van der Waals surface area (Å²) >= 11 is 0. The first-order valence-corrected chi connectivity index (χ1v) is 6.10. The van der Waals surface area contributed by atoms with Gasteiger partial charge in [0.25, 0.3) is 5.56 Å². The minimum absolute atomic E-state index is 0.0167. The largest absolute Gasteiger partial charge is 0.506 e. The summed E-state index contributed by atoms with van der Waals surface area (Å²) < 4.78 is 1.52. The summed E-state index contributed by atoms with van der Waals surface area (Å²) in [5.74, 6) is -0.0167. The van der Waals surface area contributed by atoms with Gasteiger partial charge in [-0.2, -0.15) is 0 Å². The van der Waals surface area contributed by atoms with E-state index in [9.17, 15) is 9.90 Å². The number of aryl methyl sites for hydroxylation is 1. The number of aromatic nitrogens is 1. The molecule has 0 aliphatic carbocycles. The first kappa shape index (κ1) is 13.3. The standard InChI is InChI=1S/C14H17N3O2/c1-9(16-8-7-15)12-13(18)10-5-3-4-6-11(10)17(2)14(12)19/h3-6,18H,7-8,15H2,1-2H3. The van der Waals surface area contributed by atoms with Crippen LogP contribution in [0.15, 0.2) is 34.1 Å². The zero-order chi connectivity index (χ0) is 14.0. The van der Waals surface area contributed by atoms with Crippen LogP contribution in [-0.4, -0.2) is 28.5 Å². The lowest BCUT2D eigenvalue weighted by atomic mass is 10.1. The number of para-hydroxylation sites is 1. The van der Waals surface area contributed by atoms with Crippen LogP contribution in [-0.2, 0) is 7.05 Å². The van der Waals surface area contributed by atoms with Crippen molar-refractivity contribution < 1.29 is 5.11 Å². The van der Waals surface area contributed by atoms with Gasteiger partial charge in [0.05, 0.1) is 12.1 Å². The Morgan fingerprint density at radius 1 is 1.42 bits per heavy atom. The normalized spacial score (nSPS) is 12.1. The molecule has 19 heavy (non-hydrogen) atoms. The molecule has 2 aromatic rings. The zero-order valence-corrected chi connectivity index (χ0v) is 11.1. The summed E-state index contributed by atoms with van der Waals surface area (Å²) in [5.41, 5.74) is 6.59. The van der Waals surface area contributed by atoms with Crippen LogP contribution in [0.2, 0.25) is 0 Å². The Hall–Kier alpha value is -2.14. The maximum atomic E-state index is 12.3. The number of hydrogen-bond acceptors (Lipinski definition) is 4. The quantitative estimate of drug-likeness (QED) is 0.807. The molecule has 0 radical (unpaired) electrons. The van der Waals surface area contributed by atoms with Crippen LogP contribution in [0.3, 0.4) is 0 Å². The fourth-order valence-electron chi connectivity index (χ4n) is 2.12. The van der Waals surface area contributed by atoms with Crippen LogP contribution in [0.4, 0.5) is 0 Å². The van der Waals surface area contributed by atoms with Gasteiger partial charge in [0.2, 0.25) is 0 Å². The second kappa shape index (κ2) is 5.24. The Balaban J connectivity index is 2.79. The predicted octanol–water partition coefficient (Wildman–Crippen LogP) is 1.01. The fourth-order valence-corrected chi connectivity index (χ4v) is 2.12. The molecule has 0 unspecified atom stereocenters. The molecule has 100 valence electrons. The van der Waals surface area contributed by atoms with Gasteiger partial charge in [-0.05, 0) is 19.1 Å². The summed E-state index contributed by atoms with van der Waals surface area (Å²) in [6, 6.07) is 7.23. The lowest BCUT2D eigenvalue weighted by Crippen LogP contribution is -2.24. The van der Waals surface area contributed by atoms with E-state index in [-0.39, 0.29) is 16.9 Å². The molecule has 0 spiro atoms. The van der Waals surface area contributed by atoms with Gasteiger partial charge in [-0.1, -0.05) is 12.1 Å². The van der Waals surface area contributed by atoms with Gasteiger partial charge in [-0.15, -0.1) is 0 Å². The Kier molecular flexibility index (Phi) is 3.66. The van der Waals surface area contributed by atoms with Crippen LogP contribution in [0.5, 0.6) is 5.75 Å². The van der Waals surface area contributed by atoms with E-state index in [2.05, 4.69) is 4.99 Å². The molecule has 0 atom stereocenters. The van der Waals surface area contributed by atoms with Crippen LogP contribution in [0, 0.1) is 0 Å². The van der Waals surface area contributed by atoms with Crippen molar-refractivity contribution in [3.63, 3.8) is 0 Å². The Labute approximate surface area is 111 Å². The summed E-state index contributed by atoms with van der Waals surface area (Å²) in [6.07, 6.45) is 0. The van der Waals surface area contributed by atoms with E-state index in [1.807, 2.05) is 12.1 Å². The van der Waals surface area contributed by atoms with Crippen molar-refractivity contribution >= 4 is 16.6 Å². The monoisotopic (exact) mass is 259 g/mol. The molecule has 1 aromatic heterocycles. The average molecular weight is 259 g/mol. The van der Waals surface area contributed by atoms with E-state index in [1.165, 1.54) is 4.57 Å². The first-order valence-electron chi connectivity index (χ1n) is 6.10. The van der Waals surface area contributed by atoms with Gasteiger partial charge in [-0.3, -0.25) is 9.79 Å². The molecule has 3 N–H and O–H groups in total. The highest BCUT2D eigenvalue weighted by Gasteiger charge is 2.16. The van der Waals surface area contributed by atoms with Crippen molar-refractivity contribution in [3.05, 3.63) is 40.2 Å². The number of aliphatic imine (C=N–C) groups is 1. The second-order valence-corrected chi connectivity index (χ2v) is 4.36. The van der Waals surface area contributed by atoms with Crippen LogP contribution in [0.1, 0.15) is 12.5 Å². The third-order valence-electron chi connectivity index (χ3n) is 3.12. The fraction of sp³-hybridized carbons (Fsp3) is 0.286. The van der Waals surface area contributed by atoms with Crippen molar-refractivity contribution in [1.29, 1.82) is 0 Å². The predicted molar refractivity (Wildman–Crippen MR) is 77.0 cm³/mol. The molecular formula is C14H17N3O2. The minimum atomic E-state index is -0.255. The topological polar surface area (TPSA) is 80.6 Å². The smallest absolute Gasteiger partial charge is 0.263 e. The van der Waals surface area contributed by atoms with Gasteiger partial charge < -0.3 is 15.4 Å². The number of hydrogen-bond donors (Lipinski definition) is 2. The maximum Gasteiger partial charge on any atom is 0.263 e. The van der Waals surface area contributed by atoms with Crippen LogP contribution < -0.4 is 11.3 Å². The number of benzene rings is 1. The number of fused-ring (bicyclic) bond motifs is 1. The summed E-state index contributed by atoms with van der Waals surface area (Å²) in [4.78, 5) is 16.5. The molecule has 0 fully saturated rings. The van der Waals surface area contributed by atoms with Gasteiger partial charge in [0.15, 0.2) is 0 Å². The van der Waals surface area contributed by atoms with Crippen LogP contribution in [0.25, 0.3) is 10.9 Å². The maximum absolute atomic E-state index is 12.3. The lowest BCUT2D eigenvalue weighted by Gasteiger charge is -2.11. The van der Waals surface area contributed by atoms with E-state index in [0.717, 1.165) is 0 Å². The van der Waals surface area contributed by atoms with E-state index >= 15 is 0 Å². The molecule has 5 nitrogen and oxygen atoms in total. The summed E-state index contributed by atoms with van der Waals surface area (Å²) in [7, 11) is 1.68. The van der Waals surface area contributed by atoms with Gasteiger partial charge >= 0.3 is 0 Å².